The number of carbonyl (C=O) groups is 1. The van der Waals surface area contributed by atoms with Crippen LogP contribution in [0.5, 0.6) is 0 Å². The van der Waals surface area contributed by atoms with Gasteiger partial charge in [-0.3, -0.25) is 4.79 Å². The van der Waals surface area contributed by atoms with Gasteiger partial charge in [0.05, 0.1) is 5.56 Å². The quantitative estimate of drug-likeness (QED) is 0.590. The summed E-state index contributed by atoms with van der Waals surface area (Å²) in [7, 11) is 0. The highest BCUT2D eigenvalue weighted by molar-refractivity contribution is 6.02. The topological polar surface area (TPSA) is 17.1 Å². The summed E-state index contributed by atoms with van der Waals surface area (Å²) in [6, 6.07) is -0.353. The zero-order valence-electron chi connectivity index (χ0n) is 9.04. The maximum atomic E-state index is 13.0. The van der Waals surface area contributed by atoms with Gasteiger partial charge in [0, 0.05) is 5.56 Å². The molecule has 0 fully saturated rings. The maximum absolute atomic E-state index is 13.0. The molecule has 0 amide bonds. The Morgan fingerprint density at radius 1 is 0.900 bits per heavy atom. The molecule has 0 aliphatic heterocycles. The number of ketones is 1. The number of alkyl halides is 8. The summed E-state index contributed by atoms with van der Waals surface area (Å²) in [5.41, 5.74) is -3.40. The van der Waals surface area contributed by atoms with Gasteiger partial charge in [-0.15, -0.1) is 0 Å². The fourth-order valence-electron chi connectivity index (χ4n) is 1.20. The molecule has 112 valence electrons. The number of benzene rings is 1. The third-order valence-corrected chi connectivity index (χ3v) is 2.18. The predicted octanol–water partition coefficient (Wildman–Crippen LogP) is 4.22. The Morgan fingerprint density at radius 2 is 1.40 bits per heavy atom. The van der Waals surface area contributed by atoms with Gasteiger partial charge in [-0.1, -0.05) is 6.07 Å². The van der Waals surface area contributed by atoms with Gasteiger partial charge >= 0.3 is 18.3 Å². The minimum Gasteiger partial charge on any atom is -0.287 e. The molecule has 0 spiro atoms. The molecule has 0 aliphatic carbocycles. The van der Waals surface area contributed by atoms with Gasteiger partial charge in [-0.05, 0) is 12.1 Å². The summed E-state index contributed by atoms with van der Waals surface area (Å²) in [5, 5.41) is 0. The van der Waals surface area contributed by atoms with Crippen molar-refractivity contribution in [3.8, 4) is 0 Å². The molecule has 0 radical (unpaired) electrons. The second-order valence-corrected chi connectivity index (χ2v) is 3.59. The van der Waals surface area contributed by atoms with Crippen molar-refractivity contribution in [2.75, 3.05) is 0 Å². The molecule has 0 heterocycles. The molecule has 0 saturated carbocycles. The minimum atomic E-state index is -6.23. The number of rotatable bonds is 2. The smallest absolute Gasteiger partial charge is 0.287 e. The van der Waals surface area contributed by atoms with E-state index in [0.29, 0.717) is 0 Å². The number of hydrogen-bond donors (Lipinski definition) is 0. The van der Waals surface area contributed by atoms with Crippen molar-refractivity contribution in [1.29, 1.82) is 0 Å². The second-order valence-electron chi connectivity index (χ2n) is 3.59. The van der Waals surface area contributed by atoms with Crippen LogP contribution in [0.2, 0.25) is 0 Å². The molecule has 0 bridgehead atoms. The summed E-state index contributed by atoms with van der Waals surface area (Å²) < 4.78 is 110. The first kappa shape index (κ1) is 16.3. The molecule has 0 N–H and O–H groups in total. The number of Topliss-reactive ketones (excluding diaryl/α,β-unsaturated/α-hetero) is 1. The van der Waals surface area contributed by atoms with Crippen LogP contribution in [0.25, 0.3) is 0 Å². The highest BCUT2D eigenvalue weighted by atomic mass is 19.4. The van der Waals surface area contributed by atoms with Crippen LogP contribution in [-0.4, -0.2) is 17.9 Å². The Kier molecular flexibility index (Phi) is 3.81. The van der Waals surface area contributed by atoms with Crippen LogP contribution in [0.3, 0.4) is 0 Å². The molecule has 0 atom stereocenters. The van der Waals surface area contributed by atoms with Crippen LogP contribution >= 0.6 is 0 Å². The largest absolute Gasteiger partial charge is 0.461 e. The van der Waals surface area contributed by atoms with Crippen LogP contribution in [0.1, 0.15) is 15.9 Å². The average Bonchev–Trinajstić information content (AvgIpc) is 2.24. The van der Waals surface area contributed by atoms with Crippen LogP contribution in [0.4, 0.5) is 39.5 Å². The van der Waals surface area contributed by atoms with Gasteiger partial charge < -0.3 is 0 Å². The molecule has 0 unspecified atom stereocenters. The standard InChI is InChI=1S/C10H3F9O/c11-6-3-4(1-2-5(6)9(14,15)16)7(20)8(12,13)10(17,18)19/h1-3H. The highest BCUT2D eigenvalue weighted by Crippen LogP contribution is 2.39. The van der Waals surface area contributed by atoms with E-state index in [1.807, 2.05) is 0 Å². The van der Waals surface area contributed by atoms with Gasteiger partial charge in [0.1, 0.15) is 5.82 Å². The Morgan fingerprint density at radius 3 is 1.75 bits per heavy atom. The second kappa shape index (κ2) is 4.67. The summed E-state index contributed by atoms with van der Waals surface area (Å²) >= 11 is 0. The predicted molar refractivity (Wildman–Crippen MR) is 46.7 cm³/mol. The van der Waals surface area contributed by atoms with E-state index in [0.717, 1.165) is 0 Å². The average molecular weight is 310 g/mol. The van der Waals surface area contributed by atoms with Crippen molar-refractivity contribution in [3.63, 3.8) is 0 Å². The highest BCUT2D eigenvalue weighted by Gasteiger charge is 2.63. The van der Waals surface area contributed by atoms with E-state index in [1.165, 1.54) is 0 Å². The lowest BCUT2D eigenvalue weighted by atomic mass is 10.0. The van der Waals surface area contributed by atoms with E-state index in [4.69, 9.17) is 0 Å². The number of carbonyl (C=O) groups excluding carboxylic acids is 1. The summed E-state index contributed by atoms with van der Waals surface area (Å²) in [6.45, 7) is 0. The summed E-state index contributed by atoms with van der Waals surface area (Å²) in [6.07, 6.45) is -11.4. The molecule has 1 nitrogen and oxygen atoms in total. The van der Waals surface area contributed by atoms with E-state index in [1.54, 1.807) is 0 Å². The number of halogens is 9. The van der Waals surface area contributed by atoms with Crippen molar-refractivity contribution < 1.29 is 44.3 Å². The van der Waals surface area contributed by atoms with Crippen molar-refractivity contribution in [3.05, 3.63) is 35.1 Å². The van der Waals surface area contributed by atoms with Gasteiger partial charge in [0.2, 0.25) is 5.78 Å². The molecule has 10 heteroatoms. The minimum absolute atomic E-state index is 0.0495. The molecule has 20 heavy (non-hydrogen) atoms. The lowest BCUT2D eigenvalue weighted by Crippen LogP contribution is -2.44. The molecule has 1 aromatic rings. The first-order chi connectivity index (χ1) is 8.78. The van der Waals surface area contributed by atoms with E-state index < -0.39 is 41.0 Å². The zero-order valence-corrected chi connectivity index (χ0v) is 9.04. The lowest BCUT2D eigenvalue weighted by Gasteiger charge is -2.18. The SMILES string of the molecule is O=C(c1ccc(C(F)(F)F)c(F)c1)C(F)(F)C(F)(F)F. The van der Waals surface area contributed by atoms with Crippen molar-refractivity contribution in [2.24, 2.45) is 0 Å². The molecular formula is C10H3F9O. The van der Waals surface area contributed by atoms with Crippen LogP contribution in [0.15, 0.2) is 18.2 Å². The first-order valence-corrected chi connectivity index (χ1v) is 4.64. The third kappa shape index (κ3) is 2.88. The molecular weight excluding hydrogens is 307 g/mol. The molecule has 0 aliphatic rings. The van der Waals surface area contributed by atoms with Gasteiger partial charge in [0.15, 0.2) is 0 Å². The zero-order chi connectivity index (χ0) is 15.9. The molecule has 0 saturated heterocycles. The number of hydrogen-bond acceptors (Lipinski definition) is 1. The fourth-order valence-corrected chi connectivity index (χ4v) is 1.20. The normalized spacial score (nSPS) is 13.4. The Labute approximate surface area is 105 Å². The van der Waals surface area contributed by atoms with Crippen LogP contribution in [0, 0.1) is 5.82 Å². The van der Waals surface area contributed by atoms with Crippen LogP contribution < -0.4 is 0 Å². The van der Waals surface area contributed by atoms with E-state index in [-0.39, 0.29) is 18.2 Å². The van der Waals surface area contributed by atoms with Crippen molar-refractivity contribution in [2.45, 2.75) is 18.3 Å². The van der Waals surface area contributed by atoms with Crippen LogP contribution in [-0.2, 0) is 6.18 Å². The first-order valence-electron chi connectivity index (χ1n) is 4.64. The van der Waals surface area contributed by atoms with Gasteiger partial charge in [0.25, 0.3) is 0 Å². The summed E-state index contributed by atoms with van der Waals surface area (Å²) in [5.74, 6) is -10.8. The monoisotopic (exact) mass is 310 g/mol. The fraction of sp³-hybridized carbons (Fsp3) is 0.300. The molecule has 0 aromatic heterocycles. The Balaban J connectivity index is 3.25. The van der Waals surface area contributed by atoms with Gasteiger partial charge in [-0.25, -0.2) is 4.39 Å². The van der Waals surface area contributed by atoms with E-state index in [2.05, 4.69) is 0 Å². The molecule has 1 aromatic carbocycles. The third-order valence-electron chi connectivity index (χ3n) is 2.18. The summed E-state index contributed by atoms with van der Waals surface area (Å²) in [4.78, 5) is 10.9. The van der Waals surface area contributed by atoms with Crippen molar-refractivity contribution >= 4 is 5.78 Å². The molecule has 1 rings (SSSR count). The Bertz CT molecular complexity index is 527. The van der Waals surface area contributed by atoms with E-state index >= 15 is 0 Å². The maximum Gasteiger partial charge on any atom is 0.461 e. The van der Waals surface area contributed by atoms with E-state index in [9.17, 15) is 44.3 Å². The Hall–Kier alpha value is -1.74. The lowest BCUT2D eigenvalue weighted by molar-refractivity contribution is -0.255. The van der Waals surface area contributed by atoms with Crippen molar-refractivity contribution in [1.82, 2.24) is 0 Å². The van der Waals surface area contributed by atoms with Gasteiger partial charge in [-0.2, -0.15) is 35.1 Å².